The van der Waals surface area contributed by atoms with Crippen LogP contribution < -0.4 is 22.2 Å². The lowest BCUT2D eigenvalue weighted by atomic mass is 10.2. The number of nitrogens with zero attached hydrogens (tertiary/aromatic N) is 2. The molecule has 21 heavy (non-hydrogen) atoms. The average Bonchev–Trinajstić information content (AvgIpc) is 2.90. The van der Waals surface area contributed by atoms with Gasteiger partial charge in [0.1, 0.15) is 12.0 Å². The molecule has 0 radical (unpaired) electrons. The number of anilines is 1. The quantitative estimate of drug-likeness (QED) is 0.395. The predicted octanol–water partition coefficient (Wildman–Crippen LogP) is 0.113. The van der Waals surface area contributed by atoms with Gasteiger partial charge in [0, 0.05) is 6.20 Å². The Bertz CT molecular complexity index is 671. The molecule has 3 rings (SSSR count). The maximum atomic E-state index is 5.78. The number of aromatic amines is 1. The van der Waals surface area contributed by atoms with Gasteiger partial charge in [-0.1, -0.05) is 30.3 Å². The molecular weight excluding hydrogens is 272 g/mol. The number of nitrogens with two attached hydrogens (primary N) is 3. The summed E-state index contributed by atoms with van der Waals surface area (Å²) in [5, 5.41) is 7.51. The van der Waals surface area contributed by atoms with Gasteiger partial charge >= 0.3 is 0 Å². The van der Waals surface area contributed by atoms with Crippen molar-refractivity contribution in [3.8, 4) is 5.88 Å². The number of hydrazine groups is 1. The first kappa shape index (κ1) is 16.4. The number of benzene rings is 1. The average molecular weight is 290 g/mol. The van der Waals surface area contributed by atoms with Crippen LogP contribution >= 0.6 is 0 Å². The Hall–Kier alpha value is -2.68. The molecular formula is C13H18N6O2. The maximum absolute atomic E-state index is 5.78. The summed E-state index contributed by atoms with van der Waals surface area (Å²) in [7, 11) is 0. The van der Waals surface area contributed by atoms with E-state index in [0.29, 0.717) is 18.3 Å². The van der Waals surface area contributed by atoms with Crippen molar-refractivity contribution in [1.29, 1.82) is 0 Å². The van der Waals surface area contributed by atoms with E-state index in [1.54, 1.807) is 6.20 Å². The van der Waals surface area contributed by atoms with E-state index in [1.165, 1.54) is 0 Å². The number of fused-ring (bicyclic) bond motifs is 1. The predicted molar refractivity (Wildman–Crippen MR) is 81.1 cm³/mol. The first-order valence-corrected chi connectivity index (χ1v) is 5.93. The largest absolute Gasteiger partial charge is 0.472 e. The number of pyridine rings is 1. The third-order valence-corrected chi connectivity index (χ3v) is 2.69. The molecule has 0 aliphatic rings. The summed E-state index contributed by atoms with van der Waals surface area (Å²) in [5.74, 6) is 8.91. The highest BCUT2D eigenvalue weighted by Gasteiger charge is 2.10. The van der Waals surface area contributed by atoms with Crippen LogP contribution in [-0.2, 0) is 6.61 Å². The number of hydrogen-bond donors (Lipinski definition) is 4. The Morgan fingerprint density at radius 3 is 2.52 bits per heavy atom. The van der Waals surface area contributed by atoms with Crippen LogP contribution in [0.1, 0.15) is 5.56 Å². The van der Waals surface area contributed by atoms with Crippen LogP contribution in [0.5, 0.6) is 5.88 Å². The van der Waals surface area contributed by atoms with Gasteiger partial charge in [0.25, 0.3) is 0 Å². The van der Waals surface area contributed by atoms with Gasteiger partial charge in [-0.15, -0.1) is 0 Å². The number of ether oxygens (including phenoxy) is 1. The Morgan fingerprint density at radius 2 is 1.81 bits per heavy atom. The highest BCUT2D eigenvalue weighted by molar-refractivity contribution is 5.92. The second-order valence-electron chi connectivity index (χ2n) is 3.92. The molecule has 9 N–H and O–H groups in total. The number of aromatic nitrogens is 3. The van der Waals surface area contributed by atoms with Gasteiger partial charge in [0.2, 0.25) is 5.88 Å². The molecule has 3 aromatic rings. The molecule has 0 unspecified atom stereocenters. The third-order valence-electron chi connectivity index (χ3n) is 2.69. The molecule has 2 aromatic heterocycles. The smallest absolute Gasteiger partial charge is 0.227 e. The summed E-state index contributed by atoms with van der Waals surface area (Å²) in [6.07, 6.45) is 1.67. The van der Waals surface area contributed by atoms with Gasteiger partial charge in [-0.25, -0.2) is 4.98 Å². The molecule has 0 bridgehead atoms. The molecule has 0 aliphatic carbocycles. The Balaban J connectivity index is 0.000000706. The summed E-state index contributed by atoms with van der Waals surface area (Å²) in [6.45, 7) is 0.456. The van der Waals surface area contributed by atoms with Crippen molar-refractivity contribution in [2.45, 2.75) is 6.61 Å². The Kier molecular flexibility index (Phi) is 6.08. The molecule has 0 saturated carbocycles. The number of hydrogen-bond acceptors (Lipinski definition) is 6. The van der Waals surface area contributed by atoms with Gasteiger partial charge in [-0.05, 0) is 11.6 Å². The maximum Gasteiger partial charge on any atom is 0.227 e. The van der Waals surface area contributed by atoms with Crippen molar-refractivity contribution in [3.63, 3.8) is 0 Å². The van der Waals surface area contributed by atoms with Crippen LogP contribution in [0.2, 0.25) is 0 Å². The van der Waals surface area contributed by atoms with E-state index in [0.717, 1.165) is 16.5 Å². The zero-order valence-electron chi connectivity index (χ0n) is 11.3. The summed E-state index contributed by atoms with van der Waals surface area (Å²) in [5.41, 5.74) is 7.69. The highest BCUT2D eigenvalue weighted by atomic mass is 16.5. The van der Waals surface area contributed by atoms with Crippen molar-refractivity contribution in [2.24, 2.45) is 11.7 Å². The first-order valence-electron chi connectivity index (χ1n) is 5.93. The van der Waals surface area contributed by atoms with E-state index in [-0.39, 0.29) is 5.48 Å². The minimum atomic E-state index is 0. The summed E-state index contributed by atoms with van der Waals surface area (Å²) in [6, 6.07) is 11.7. The highest BCUT2D eigenvalue weighted by Crippen LogP contribution is 2.26. The van der Waals surface area contributed by atoms with Crippen molar-refractivity contribution >= 4 is 16.7 Å². The second-order valence-corrected chi connectivity index (χ2v) is 3.92. The van der Waals surface area contributed by atoms with E-state index in [2.05, 4.69) is 26.9 Å². The van der Waals surface area contributed by atoms with Gasteiger partial charge in [-0.2, -0.15) is 5.10 Å². The van der Waals surface area contributed by atoms with Crippen LogP contribution in [-0.4, -0.2) is 20.7 Å². The fraction of sp³-hybridized carbons (Fsp3) is 0.0769. The van der Waals surface area contributed by atoms with Crippen LogP contribution in [0.3, 0.4) is 0 Å². The van der Waals surface area contributed by atoms with Gasteiger partial charge in [0.05, 0.1) is 5.52 Å². The lowest BCUT2D eigenvalue weighted by Crippen LogP contribution is -2.02. The third kappa shape index (κ3) is 3.66. The minimum absolute atomic E-state index is 0. The van der Waals surface area contributed by atoms with Crippen molar-refractivity contribution in [2.75, 3.05) is 5.73 Å². The first-order chi connectivity index (χ1) is 9.84. The molecule has 112 valence electrons. The Morgan fingerprint density at radius 1 is 1.10 bits per heavy atom. The molecule has 0 fully saturated rings. The van der Waals surface area contributed by atoms with Gasteiger partial charge < -0.3 is 15.9 Å². The van der Waals surface area contributed by atoms with Gasteiger partial charge in [-0.3, -0.25) is 16.8 Å². The van der Waals surface area contributed by atoms with Crippen molar-refractivity contribution < 1.29 is 10.2 Å². The fourth-order valence-electron chi connectivity index (χ4n) is 1.80. The molecule has 0 spiro atoms. The zero-order valence-corrected chi connectivity index (χ0v) is 11.3. The van der Waals surface area contributed by atoms with Crippen LogP contribution in [0.25, 0.3) is 10.9 Å². The van der Waals surface area contributed by atoms with Crippen LogP contribution in [0.4, 0.5) is 5.82 Å². The lowest BCUT2D eigenvalue weighted by Gasteiger charge is -2.06. The number of nitrogens with one attached hydrogen (secondary N) is 1. The SMILES string of the molecule is NN.Nc1n[nH]c2ccnc(OCc3ccccc3)c12.O. The molecule has 8 heteroatoms. The summed E-state index contributed by atoms with van der Waals surface area (Å²) >= 11 is 0. The minimum Gasteiger partial charge on any atom is -0.472 e. The Labute approximate surface area is 121 Å². The number of H-pyrrole nitrogens is 1. The van der Waals surface area contributed by atoms with E-state index >= 15 is 0 Å². The second kappa shape index (κ2) is 7.80. The topological polar surface area (TPSA) is 160 Å². The monoisotopic (exact) mass is 290 g/mol. The fourth-order valence-corrected chi connectivity index (χ4v) is 1.80. The van der Waals surface area contributed by atoms with Crippen molar-refractivity contribution in [3.05, 3.63) is 48.2 Å². The van der Waals surface area contributed by atoms with E-state index < -0.39 is 0 Å². The molecule has 0 atom stereocenters. The molecule has 2 heterocycles. The molecule has 1 aromatic carbocycles. The van der Waals surface area contributed by atoms with E-state index in [1.807, 2.05) is 36.4 Å². The lowest BCUT2D eigenvalue weighted by molar-refractivity contribution is 0.298. The molecule has 8 nitrogen and oxygen atoms in total. The molecule has 0 saturated heterocycles. The summed E-state index contributed by atoms with van der Waals surface area (Å²) in [4.78, 5) is 4.19. The van der Waals surface area contributed by atoms with Gasteiger partial charge in [0.15, 0.2) is 5.82 Å². The van der Waals surface area contributed by atoms with Crippen LogP contribution in [0.15, 0.2) is 42.6 Å². The van der Waals surface area contributed by atoms with Crippen LogP contribution in [0, 0.1) is 0 Å². The zero-order chi connectivity index (χ0) is 14.4. The molecule has 0 amide bonds. The van der Waals surface area contributed by atoms with E-state index in [4.69, 9.17) is 10.5 Å². The van der Waals surface area contributed by atoms with Crippen molar-refractivity contribution in [1.82, 2.24) is 15.2 Å². The summed E-state index contributed by atoms with van der Waals surface area (Å²) < 4.78 is 5.69. The van der Waals surface area contributed by atoms with E-state index in [9.17, 15) is 0 Å². The number of rotatable bonds is 3. The number of nitrogen functional groups attached to an aromatic ring is 1. The normalized spacial score (nSPS) is 9.43. The standard InChI is InChI=1S/C13H12N4O.H4N2.H2O/c14-12-11-10(16-17-12)6-7-15-13(11)18-8-9-4-2-1-3-5-9;1-2;/h1-7H,8H2,(H3,14,16,17);1-2H2;1H2. The molecule has 0 aliphatic heterocycles.